The van der Waals surface area contributed by atoms with E-state index < -0.39 is 9.84 Å². The molecule has 1 aromatic rings. The predicted octanol–water partition coefficient (Wildman–Crippen LogP) is 1.53. The fraction of sp³-hybridized carbons (Fsp3) is 0.500. The molecule has 96 valence electrons. The smallest absolute Gasteiger partial charge is 0.151 e. The van der Waals surface area contributed by atoms with Crippen LogP contribution in [0.2, 0.25) is 0 Å². The highest BCUT2D eigenvalue weighted by molar-refractivity contribution is 7.91. The van der Waals surface area contributed by atoms with Crippen LogP contribution in [0.15, 0.2) is 24.3 Å². The van der Waals surface area contributed by atoms with Crippen molar-refractivity contribution >= 4 is 21.2 Å². The average Bonchev–Trinajstić information content (AvgIpc) is 2.32. The van der Waals surface area contributed by atoms with Gasteiger partial charge in [0.15, 0.2) is 9.84 Å². The van der Waals surface area contributed by atoms with Gasteiger partial charge >= 0.3 is 0 Å². The first-order valence-corrected chi connectivity index (χ1v) is 7.62. The number of sulfone groups is 1. The maximum Gasteiger partial charge on any atom is 0.151 e. The molecule has 0 unspecified atom stereocenters. The molecule has 0 aliphatic heterocycles. The molecular formula is C12H20N2O2S. The number of hydrogen-bond acceptors (Lipinski definition) is 4. The highest BCUT2D eigenvalue weighted by atomic mass is 32.2. The summed E-state index contributed by atoms with van der Waals surface area (Å²) in [5, 5.41) is 0. The van der Waals surface area contributed by atoms with Crippen LogP contribution < -0.4 is 10.6 Å². The van der Waals surface area contributed by atoms with E-state index in [4.69, 9.17) is 5.73 Å². The SMILES string of the molecule is CCN(CCS(=O)(=O)CC)c1ccccc1N. The minimum Gasteiger partial charge on any atom is -0.397 e. The van der Waals surface area contributed by atoms with Gasteiger partial charge in [0, 0.05) is 18.8 Å². The van der Waals surface area contributed by atoms with Crippen LogP contribution >= 0.6 is 0 Å². The molecule has 0 aromatic heterocycles. The Hall–Kier alpha value is -1.23. The molecule has 1 rings (SSSR count). The Kier molecular flexibility index (Phi) is 4.81. The molecule has 0 saturated heterocycles. The number of rotatable bonds is 6. The van der Waals surface area contributed by atoms with E-state index in [1.54, 1.807) is 6.92 Å². The monoisotopic (exact) mass is 256 g/mol. The first-order valence-electron chi connectivity index (χ1n) is 5.80. The summed E-state index contributed by atoms with van der Waals surface area (Å²) in [6.45, 7) is 4.89. The molecule has 4 nitrogen and oxygen atoms in total. The lowest BCUT2D eigenvalue weighted by Crippen LogP contribution is -2.30. The van der Waals surface area contributed by atoms with E-state index in [0.717, 1.165) is 12.2 Å². The number of anilines is 2. The van der Waals surface area contributed by atoms with Crippen LogP contribution in [0.4, 0.5) is 11.4 Å². The van der Waals surface area contributed by atoms with E-state index >= 15 is 0 Å². The summed E-state index contributed by atoms with van der Waals surface area (Å²) in [6, 6.07) is 7.52. The second kappa shape index (κ2) is 5.91. The van der Waals surface area contributed by atoms with Gasteiger partial charge in [-0.2, -0.15) is 0 Å². The van der Waals surface area contributed by atoms with Gasteiger partial charge in [-0.25, -0.2) is 8.42 Å². The summed E-state index contributed by atoms with van der Waals surface area (Å²) in [7, 11) is -2.93. The number of hydrogen-bond donors (Lipinski definition) is 1. The Bertz CT molecular complexity index is 457. The van der Waals surface area contributed by atoms with Crippen LogP contribution in [0.1, 0.15) is 13.8 Å². The summed E-state index contributed by atoms with van der Waals surface area (Å²) in [4.78, 5) is 1.99. The van der Waals surface area contributed by atoms with Gasteiger partial charge in [-0.1, -0.05) is 19.1 Å². The van der Waals surface area contributed by atoms with Gasteiger partial charge in [-0.05, 0) is 19.1 Å². The molecule has 0 heterocycles. The van der Waals surface area contributed by atoms with Crippen LogP contribution in [0, 0.1) is 0 Å². The predicted molar refractivity (Wildman–Crippen MR) is 73.1 cm³/mol. The third kappa shape index (κ3) is 3.93. The normalized spacial score (nSPS) is 11.4. The molecular weight excluding hydrogens is 236 g/mol. The zero-order valence-electron chi connectivity index (χ0n) is 10.4. The third-order valence-corrected chi connectivity index (χ3v) is 4.46. The van der Waals surface area contributed by atoms with Gasteiger partial charge in [-0.15, -0.1) is 0 Å². The van der Waals surface area contributed by atoms with Crippen molar-refractivity contribution in [1.29, 1.82) is 0 Å². The summed E-state index contributed by atoms with van der Waals surface area (Å²) >= 11 is 0. The van der Waals surface area contributed by atoms with Crippen molar-refractivity contribution in [1.82, 2.24) is 0 Å². The molecule has 0 fully saturated rings. The van der Waals surface area contributed by atoms with Gasteiger partial charge in [0.05, 0.1) is 17.1 Å². The Morgan fingerprint density at radius 1 is 1.24 bits per heavy atom. The molecule has 0 bridgehead atoms. The van der Waals surface area contributed by atoms with Crippen molar-refractivity contribution < 1.29 is 8.42 Å². The minimum atomic E-state index is -2.93. The number of benzene rings is 1. The molecule has 5 heteroatoms. The van der Waals surface area contributed by atoms with Crippen molar-refractivity contribution in [3.63, 3.8) is 0 Å². The van der Waals surface area contributed by atoms with Crippen LogP contribution in [0.5, 0.6) is 0 Å². The Morgan fingerprint density at radius 3 is 2.41 bits per heavy atom. The van der Waals surface area contributed by atoms with Crippen molar-refractivity contribution in [2.24, 2.45) is 0 Å². The van der Waals surface area contributed by atoms with Gasteiger partial charge in [0.2, 0.25) is 0 Å². The third-order valence-electron chi connectivity index (χ3n) is 2.77. The second-order valence-corrected chi connectivity index (χ2v) is 6.35. The van der Waals surface area contributed by atoms with Crippen LogP contribution in [0.25, 0.3) is 0 Å². The number of nitrogen functional groups attached to an aromatic ring is 1. The topological polar surface area (TPSA) is 63.4 Å². The van der Waals surface area contributed by atoms with E-state index in [-0.39, 0.29) is 11.5 Å². The minimum absolute atomic E-state index is 0.172. The van der Waals surface area contributed by atoms with Gasteiger partial charge in [0.1, 0.15) is 0 Å². The molecule has 2 N–H and O–H groups in total. The molecule has 0 amide bonds. The van der Waals surface area contributed by atoms with Crippen LogP contribution in [-0.4, -0.2) is 33.0 Å². The van der Waals surface area contributed by atoms with Crippen molar-refractivity contribution in [3.8, 4) is 0 Å². The number of para-hydroxylation sites is 2. The molecule has 0 saturated carbocycles. The summed E-state index contributed by atoms with van der Waals surface area (Å²) in [6.07, 6.45) is 0. The lowest BCUT2D eigenvalue weighted by molar-refractivity contribution is 0.596. The fourth-order valence-electron chi connectivity index (χ4n) is 1.62. The quantitative estimate of drug-likeness (QED) is 0.784. The first kappa shape index (κ1) is 13.8. The largest absolute Gasteiger partial charge is 0.397 e. The highest BCUT2D eigenvalue weighted by Gasteiger charge is 2.12. The maximum atomic E-state index is 11.5. The van der Waals surface area contributed by atoms with E-state index in [1.165, 1.54) is 0 Å². The highest BCUT2D eigenvalue weighted by Crippen LogP contribution is 2.21. The van der Waals surface area contributed by atoms with E-state index in [9.17, 15) is 8.42 Å². The standard InChI is InChI=1S/C12H20N2O2S/c1-3-14(9-10-17(15,16)4-2)12-8-6-5-7-11(12)13/h5-8H,3-4,9-10,13H2,1-2H3. The molecule has 1 aromatic carbocycles. The van der Waals surface area contributed by atoms with E-state index in [1.807, 2.05) is 36.1 Å². The van der Waals surface area contributed by atoms with Crippen molar-refractivity contribution in [2.45, 2.75) is 13.8 Å². The number of nitrogens with two attached hydrogens (primary N) is 1. The molecule has 0 radical (unpaired) electrons. The van der Waals surface area contributed by atoms with Crippen LogP contribution in [0.3, 0.4) is 0 Å². The maximum absolute atomic E-state index is 11.5. The Labute approximate surface area is 103 Å². The zero-order valence-corrected chi connectivity index (χ0v) is 11.2. The lowest BCUT2D eigenvalue weighted by Gasteiger charge is -2.24. The van der Waals surface area contributed by atoms with Gasteiger partial charge in [-0.3, -0.25) is 0 Å². The molecule has 0 spiro atoms. The van der Waals surface area contributed by atoms with Crippen molar-refractivity contribution in [2.75, 3.05) is 35.2 Å². The zero-order chi connectivity index (χ0) is 12.9. The first-order chi connectivity index (χ1) is 8.00. The number of nitrogens with zero attached hydrogens (tertiary/aromatic N) is 1. The Morgan fingerprint density at radius 2 is 1.88 bits per heavy atom. The van der Waals surface area contributed by atoms with Gasteiger partial charge < -0.3 is 10.6 Å². The summed E-state index contributed by atoms with van der Waals surface area (Å²) < 4.78 is 23.0. The Balaban J connectivity index is 2.77. The average molecular weight is 256 g/mol. The summed E-state index contributed by atoms with van der Waals surface area (Å²) in [5.74, 6) is 0.362. The molecule has 0 aliphatic rings. The van der Waals surface area contributed by atoms with E-state index in [2.05, 4.69) is 0 Å². The van der Waals surface area contributed by atoms with E-state index in [0.29, 0.717) is 12.2 Å². The lowest BCUT2D eigenvalue weighted by atomic mass is 10.2. The second-order valence-electron chi connectivity index (χ2n) is 3.87. The van der Waals surface area contributed by atoms with Crippen LogP contribution in [-0.2, 0) is 9.84 Å². The molecule has 0 atom stereocenters. The molecule has 17 heavy (non-hydrogen) atoms. The van der Waals surface area contributed by atoms with Gasteiger partial charge in [0.25, 0.3) is 0 Å². The fourth-order valence-corrected chi connectivity index (χ4v) is 2.41. The molecule has 0 aliphatic carbocycles. The van der Waals surface area contributed by atoms with Crippen molar-refractivity contribution in [3.05, 3.63) is 24.3 Å². The summed E-state index contributed by atoms with van der Waals surface area (Å²) in [5.41, 5.74) is 7.47.